The second kappa shape index (κ2) is 12.9. The minimum absolute atomic E-state index is 0.663. The van der Waals surface area contributed by atoms with Gasteiger partial charge in [0.15, 0.2) is 11.5 Å². The molecule has 1 aliphatic rings. The van der Waals surface area contributed by atoms with E-state index in [1.807, 2.05) is 42.5 Å². The largest absolute Gasteiger partial charge is 0.453 e. The first-order valence-corrected chi connectivity index (χ1v) is 17.9. The molecule has 3 heteroatoms. The van der Waals surface area contributed by atoms with Gasteiger partial charge in [0.05, 0.1) is 11.1 Å². The first-order valence-electron chi connectivity index (χ1n) is 17.9. The third-order valence-electron chi connectivity index (χ3n) is 10.1. The molecule has 0 saturated carbocycles. The van der Waals surface area contributed by atoms with E-state index in [9.17, 15) is 0 Å². The quantitative estimate of drug-likeness (QED) is 0.175. The molecule has 0 N–H and O–H groups in total. The van der Waals surface area contributed by atoms with Gasteiger partial charge in [-0.3, -0.25) is 0 Å². The van der Waals surface area contributed by atoms with Gasteiger partial charge in [-0.15, -0.1) is 0 Å². The molecule has 0 bridgehead atoms. The highest BCUT2D eigenvalue weighted by Crippen LogP contribution is 2.52. The van der Waals surface area contributed by atoms with Crippen LogP contribution in [-0.4, -0.2) is 0 Å². The summed E-state index contributed by atoms with van der Waals surface area (Å²) in [6.07, 6.45) is 0. The molecule has 0 aliphatic carbocycles. The Bertz CT molecular complexity index is 2740. The highest BCUT2D eigenvalue weighted by Gasteiger charge is 2.25. The van der Waals surface area contributed by atoms with Gasteiger partial charge < -0.3 is 14.4 Å². The Labute approximate surface area is 308 Å². The minimum Gasteiger partial charge on any atom is -0.453 e. The van der Waals surface area contributed by atoms with Crippen LogP contribution in [0.4, 0.5) is 17.1 Å². The van der Waals surface area contributed by atoms with Crippen molar-refractivity contribution in [2.45, 2.75) is 0 Å². The number of ether oxygens (including phenoxy) is 2. The van der Waals surface area contributed by atoms with Crippen LogP contribution in [0.3, 0.4) is 0 Å². The van der Waals surface area contributed by atoms with Gasteiger partial charge >= 0.3 is 0 Å². The van der Waals surface area contributed by atoms with Crippen LogP contribution in [0.15, 0.2) is 200 Å². The summed E-state index contributed by atoms with van der Waals surface area (Å²) in [6.45, 7) is 0. The molecule has 9 aromatic rings. The molecule has 0 spiro atoms. The first kappa shape index (κ1) is 30.7. The smallest absolute Gasteiger partial charge is 0.193 e. The number of fused-ring (bicyclic) bond motifs is 2. The first-order chi connectivity index (χ1) is 26.3. The maximum absolute atomic E-state index is 6.82. The van der Waals surface area contributed by atoms with Crippen molar-refractivity contribution in [3.05, 3.63) is 200 Å². The average molecular weight is 680 g/mol. The molecule has 1 heterocycles. The van der Waals surface area contributed by atoms with Crippen LogP contribution < -0.4 is 14.4 Å². The summed E-state index contributed by atoms with van der Waals surface area (Å²) >= 11 is 0. The van der Waals surface area contributed by atoms with Gasteiger partial charge in [0.25, 0.3) is 0 Å². The van der Waals surface area contributed by atoms with Crippen LogP contribution in [-0.2, 0) is 0 Å². The third kappa shape index (κ3) is 5.56. The summed E-state index contributed by atoms with van der Waals surface area (Å²) in [4.78, 5) is 2.25. The van der Waals surface area contributed by atoms with Crippen molar-refractivity contribution in [1.29, 1.82) is 0 Å². The number of rotatable bonds is 6. The van der Waals surface area contributed by atoms with Gasteiger partial charge in [-0.1, -0.05) is 152 Å². The van der Waals surface area contributed by atoms with Crippen molar-refractivity contribution in [2.24, 2.45) is 0 Å². The van der Waals surface area contributed by atoms with E-state index in [0.29, 0.717) is 11.5 Å². The Hall–Kier alpha value is -7.10. The summed E-state index contributed by atoms with van der Waals surface area (Å²) in [5, 5.41) is 4.55. The van der Waals surface area contributed by atoms with Crippen LogP contribution in [0.25, 0.3) is 54.9 Å². The van der Waals surface area contributed by atoms with Gasteiger partial charge in [-0.05, 0) is 98.1 Å². The summed E-state index contributed by atoms with van der Waals surface area (Å²) in [6, 6.07) is 70.2. The SMILES string of the molecule is c1ccc(-c2ccc(N(c3ccc(-c4ccc(-c5cccc6ccccc56)cc4)cc3)c3cccc4c3Oc3cccc5cccc(c35)O4)cc2)cc1. The van der Waals surface area contributed by atoms with Crippen molar-refractivity contribution < 1.29 is 9.47 Å². The molecule has 0 atom stereocenters. The fourth-order valence-electron chi connectivity index (χ4n) is 7.52. The predicted octanol–water partition coefficient (Wildman–Crippen LogP) is 14.4. The van der Waals surface area contributed by atoms with Gasteiger partial charge in [-0.2, -0.15) is 0 Å². The zero-order valence-electron chi connectivity index (χ0n) is 28.8. The monoisotopic (exact) mass is 679 g/mol. The molecule has 0 unspecified atom stereocenters. The van der Waals surface area contributed by atoms with Crippen molar-refractivity contribution >= 4 is 38.6 Å². The van der Waals surface area contributed by atoms with E-state index >= 15 is 0 Å². The second-order valence-electron chi connectivity index (χ2n) is 13.3. The number of anilines is 3. The molecular weight excluding hydrogens is 647 g/mol. The number of hydrogen-bond donors (Lipinski definition) is 0. The van der Waals surface area contributed by atoms with E-state index in [2.05, 4.69) is 163 Å². The Morgan fingerprint density at radius 3 is 1.51 bits per heavy atom. The molecular formula is C50H33NO2. The highest BCUT2D eigenvalue weighted by molar-refractivity contribution is 5.97. The van der Waals surface area contributed by atoms with Gasteiger partial charge in [0, 0.05) is 11.4 Å². The Morgan fingerprint density at radius 1 is 0.321 bits per heavy atom. The zero-order chi connectivity index (χ0) is 35.1. The molecule has 0 fully saturated rings. The molecule has 0 aromatic heterocycles. The van der Waals surface area contributed by atoms with E-state index in [-0.39, 0.29) is 0 Å². The second-order valence-corrected chi connectivity index (χ2v) is 13.3. The Morgan fingerprint density at radius 2 is 0.811 bits per heavy atom. The maximum Gasteiger partial charge on any atom is 0.193 e. The normalized spacial score (nSPS) is 11.7. The molecule has 53 heavy (non-hydrogen) atoms. The molecule has 0 saturated heterocycles. The fraction of sp³-hybridized carbons (Fsp3) is 0. The molecule has 9 aromatic carbocycles. The summed E-state index contributed by atoms with van der Waals surface area (Å²) in [7, 11) is 0. The number of para-hydroxylation sites is 1. The molecule has 250 valence electrons. The Kier molecular flexibility index (Phi) is 7.47. The lowest BCUT2D eigenvalue weighted by atomic mass is 9.96. The molecule has 0 radical (unpaired) electrons. The summed E-state index contributed by atoms with van der Waals surface area (Å²) in [5.41, 5.74) is 9.99. The summed E-state index contributed by atoms with van der Waals surface area (Å²) in [5.74, 6) is 2.88. The lowest BCUT2D eigenvalue weighted by molar-refractivity contribution is 0.440. The lowest BCUT2D eigenvalue weighted by Crippen LogP contribution is -2.11. The molecule has 10 rings (SSSR count). The summed E-state index contributed by atoms with van der Waals surface area (Å²) < 4.78 is 13.4. The van der Waals surface area contributed by atoms with E-state index < -0.39 is 0 Å². The average Bonchev–Trinajstić information content (AvgIpc) is 3.40. The van der Waals surface area contributed by atoms with Crippen molar-refractivity contribution in [2.75, 3.05) is 4.90 Å². The van der Waals surface area contributed by atoms with Crippen molar-refractivity contribution in [3.63, 3.8) is 0 Å². The van der Waals surface area contributed by atoms with Gasteiger partial charge in [0.1, 0.15) is 11.5 Å². The van der Waals surface area contributed by atoms with Gasteiger partial charge in [0.2, 0.25) is 0 Å². The standard InChI is InChI=1S/C50H33NO2/c1-2-10-34(11-3-1)36-26-30-41(31-27-36)51(45-18-9-21-48-50(45)53-47-20-8-15-40-14-7-19-46(52-48)49(40)47)42-32-28-37(29-33-42)35-22-24-39(25-23-35)44-17-6-13-38-12-4-5-16-43(38)44/h1-33H. The van der Waals surface area contributed by atoms with Crippen LogP contribution in [0.5, 0.6) is 23.0 Å². The van der Waals surface area contributed by atoms with E-state index in [1.165, 1.54) is 27.5 Å². The van der Waals surface area contributed by atoms with Crippen LogP contribution in [0, 0.1) is 0 Å². The van der Waals surface area contributed by atoms with E-state index in [0.717, 1.165) is 56.0 Å². The predicted molar refractivity (Wildman–Crippen MR) is 219 cm³/mol. The third-order valence-corrected chi connectivity index (χ3v) is 10.1. The van der Waals surface area contributed by atoms with Crippen molar-refractivity contribution in [1.82, 2.24) is 0 Å². The number of hydrogen-bond acceptors (Lipinski definition) is 3. The van der Waals surface area contributed by atoms with Crippen molar-refractivity contribution in [3.8, 4) is 56.4 Å². The number of benzene rings is 9. The highest BCUT2D eigenvalue weighted by atomic mass is 16.5. The maximum atomic E-state index is 6.82. The molecule has 0 amide bonds. The van der Waals surface area contributed by atoms with Crippen LogP contribution in [0.1, 0.15) is 0 Å². The van der Waals surface area contributed by atoms with Gasteiger partial charge in [-0.25, -0.2) is 0 Å². The topological polar surface area (TPSA) is 21.7 Å². The Balaban J connectivity index is 1.05. The number of nitrogens with zero attached hydrogens (tertiary/aromatic N) is 1. The molecule has 3 nitrogen and oxygen atoms in total. The zero-order valence-corrected chi connectivity index (χ0v) is 28.8. The lowest BCUT2D eigenvalue weighted by Gasteiger charge is -2.28. The van der Waals surface area contributed by atoms with E-state index in [4.69, 9.17) is 9.47 Å². The molecule has 1 aliphatic heterocycles. The fourth-order valence-corrected chi connectivity index (χ4v) is 7.52. The minimum atomic E-state index is 0.663. The van der Waals surface area contributed by atoms with E-state index in [1.54, 1.807) is 0 Å². The van der Waals surface area contributed by atoms with Crippen LogP contribution >= 0.6 is 0 Å². The van der Waals surface area contributed by atoms with Crippen LogP contribution in [0.2, 0.25) is 0 Å².